The molecule has 0 saturated carbocycles. The minimum absolute atomic E-state index is 0. The first-order valence-electron chi connectivity index (χ1n) is 4.02. The Balaban J connectivity index is 0.00000121. The van der Waals surface area contributed by atoms with Crippen molar-refractivity contribution in [2.24, 2.45) is 0 Å². The second-order valence-electron chi connectivity index (χ2n) is 2.83. The molecule has 1 heterocycles. The molecule has 1 aromatic heterocycles. The maximum absolute atomic E-state index is 4.19. The predicted octanol–water partition coefficient (Wildman–Crippen LogP) is 2.14. The Morgan fingerprint density at radius 1 is 1.73 bits per heavy atom. The number of nitrogens with zero attached hydrogens (tertiary/aromatic N) is 2. The Bertz CT molecular complexity index is 220. The summed E-state index contributed by atoms with van der Waals surface area (Å²) in [4.78, 5) is 0. The Morgan fingerprint density at radius 2 is 2.45 bits per heavy atom. The van der Waals surface area contributed by atoms with Crippen LogP contribution in [0.15, 0.2) is 12.4 Å². The first-order chi connectivity index (χ1) is 5.24. The van der Waals surface area contributed by atoms with E-state index in [1.165, 1.54) is 0 Å². The van der Waals surface area contributed by atoms with Crippen molar-refractivity contribution in [3.8, 4) is 0 Å². The number of hydrogen-bond donors (Lipinski definition) is 1. The van der Waals surface area contributed by atoms with E-state index >= 15 is 0 Å². The molecule has 0 aliphatic heterocycles. The van der Waals surface area contributed by atoms with Crippen LogP contribution in [0.25, 0.3) is 0 Å². The molecular formula is C8H17N3. The van der Waals surface area contributed by atoms with Crippen LogP contribution in [0.4, 0.5) is 5.69 Å². The number of aromatic nitrogens is 2. The molecule has 64 valence electrons. The lowest BCUT2D eigenvalue weighted by Gasteiger charge is -2.02. The molecule has 3 heteroatoms. The highest BCUT2D eigenvalue weighted by molar-refractivity contribution is 5.37. The quantitative estimate of drug-likeness (QED) is 0.724. The first-order valence-corrected chi connectivity index (χ1v) is 4.02. The SMILES string of the molecule is CCNc1cnn(C(C)C)c1.[HH]. The van der Waals surface area contributed by atoms with Crippen LogP contribution in [0.5, 0.6) is 0 Å². The molecule has 0 atom stereocenters. The highest BCUT2D eigenvalue weighted by Gasteiger charge is 1.98. The molecule has 0 radical (unpaired) electrons. The second kappa shape index (κ2) is 3.42. The zero-order valence-electron chi connectivity index (χ0n) is 7.33. The maximum atomic E-state index is 4.19. The van der Waals surface area contributed by atoms with E-state index in [-0.39, 0.29) is 1.43 Å². The van der Waals surface area contributed by atoms with E-state index in [0.29, 0.717) is 6.04 Å². The van der Waals surface area contributed by atoms with Gasteiger partial charge in [0.15, 0.2) is 0 Å². The summed E-state index contributed by atoms with van der Waals surface area (Å²) in [5, 5.41) is 7.39. The molecule has 1 N–H and O–H groups in total. The lowest BCUT2D eigenvalue weighted by Crippen LogP contribution is -2.00. The summed E-state index contributed by atoms with van der Waals surface area (Å²) in [6, 6.07) is 0.447. The van der Waals surface area contributed by atoms with Crippen LogP contribution in [0.1, 0.15) is 28.2 Å². The first kappa shape index (κ1) is 8.11. The Hall–Kier alpha value is -0.990. The van der Waals surface area contributed by atoms with Gasteiger partial charge in [0.1, 0.15) is 0 Å². The second-order valence-corrected chi connectivity index (χ2v) is 2.83. The van der Waals surface area contributed by atoms with Gasteiger partial charge >= 0.3 is 0 Å². The molecule has 3 nitrogen and oxygen atoms in total. The fourth-order valence-electron chi connectivity index (χ4n) is 0.916. The molecule has 0 unspecified atom stereocenters. The summed E-state index contributed by atoms with van der Waals surface area (Å²) < 4.78 is 1.94. The summed E-state index contributed by atoms with van der Waals surface area (Å²) in [7, 11) is 0. The van der Waals surface area contributed by atoms with Crippen molar-refractivity contribution in [3.05, 3.63) is 12.4 Å². The van der Waals surface area contributed by atoms with Crippen molar-refractivity contribution in [1.82, 2.24) is 9.78 Å². The summed E-state index contributed by atoms with van der Waals surface area (Å²) in [5.41, 5.74) is 1.10. The topological polar surface area (TPSA) is 29.9 Å². The van der Waals surface area contributed by atoms with Gasteiger partial charge in [-0.1, -0.05) is 0 Å². The third kappa shape index (κ3) is 1.97. The molecule has 0 fully saturated rings. The fourth-order valence-corrected chi connectivity index (χ4v) is 0.916. The minimum Gasteiger partial charge on any atom is -0.383 e. The third-order valence-electron chi connectivity index (χ3n) is 1.51. The molecule has 0 bridgehead atoms. The summed E-state index contributed by atoms with van der Waals surface area (Å²) >= 11 is 0. The largest absolute Gasteiger partial charge is 0.383 e. The van der Waals surface area contributed by atoms with E-state index < -0.39 is 0 Å². The Kier molecular flexibility index (Phi) is 2.52. The van der Waals surface area contributed by atoms with Crippen LogP contribution in [0.3, 0.4) is 0 Å². The maximum Gasteiger partial charge on any atom is 0.0726 e. The van der Waals surface area contributed by atoms with Crippen molar-refractivity contribution in [1.29, 1.82) is 0 Å². The monoisotopic (exact) mass is 155 g/mol. The van der Waals surface area contributed by atoms with Gasteiger partial charge in [0.25, 0.3) is 0 Å². The summed E-state index contributed by atoms with van der Waals surface area (Å²) in [5.74, 6) is 0. The van der Waals surface area contributed by atoms with Gasteiger partial charge in [-0.05, 0) is 20.8 Å². The summed E-state index contributed by atoms with van der Waals surface area (Å²) in [6.07, 6.45) is 3.87. The summed E-state index contributed by atoms with van der Waals surface area (Å²) in [6.45, 7) is 7.25. The highest BCUT2D eigenvalue weighted by Crippen LogP contribution is 2.08. The van der Waals surface area contributed by atoms with E-state index in [1.807, 2.05) is 17.1 Å². The molecule has 0 aromatic carbocycles. The zero-order valence-corrected chi connectivity index (χ0v) is 7.33. The predicted molar refractivity (Wildman–Crippen MR) is 48.9 cm³/mol. The molecule has 0 spiro atoms. The molecule has 0 amide bonds. The Morgan fingerprint density at radius 3 is 2.91 bits per heavy atom. The van der Waals surface area contributed by atoms with Crippen LogP contribution in [-0.2, 0) is 0 Å². The van der Waals surface area contributed by atoms with Gasteiger partial charge in [0.2, 0.25) is 0 Å². The average Bonchev–Trinajstić information content (AvgIpc) is 2.37. The van der Waals surface area contributed by atoms with E-state index in [4.69, 9.17) is 0 Å². The molecule has 0 aliphatic carbocycles. The van der Waals surface area contributed by atoms with Crippen LogP contribution < -0.4 is 5.32 Å². The van der Waals surface area contributed by atoms with Crippen LogP contribution in [0.2, 0.25) is 0 Å². The van der Waals surface area contributed by atoms with Crippen LogP contribution in [-0.4, -0.2) is 16.3 Å². The van der Waals surface area contributed by atoms with Crippen molar-refractivity contribution < 1.29 is 1.43 Å². The molecule has 0 aliphatic rings. The zero-order chi connectivity index (χ0) is 8.27. The van der Waals surface area contributed by atoms with Gasteiger partial charge in [-0.15, -0.1) is 0 Å². The number of hydrogen-bond acceptors (Lipinski definition) is 2. The van der Waals surface area contributed by atoms with Gasteiger partial charge in [0, 0.05) is 20.2 Å². The van der Waals surface area contributed by atoms with E-state index in [0.717, 1.165) is 12.2 Å². The van der Waals surface area contributed by atoms with Gasteiger partial charge in [-0.2, -0.15) is 5.10 Å². The standard InChI is InChI=1S/C8H15N3.H2/c1-4-9-8-5-10-11(6-8)7(2)3;/h5-7,9H,4H2,1-3H3;1H. The lowest BCUT2D eigenvalue weighted by molar-refractivity contribution is 0.532. The molecule has 0 saturated heterocycles. The minimum atomic E-state index is 0. The van der Waals surface area contributed by atoms with Gasteiger partial charge in [-0.3, -0.25) is 4.68 Å². The lowest BCUT2D eigenvalue weighted by atomic mass is 10.4. The van der Waals surface area contributed by atoms with Crippen molar-refractivity contribution in [2.45, 2.75) is 26.8 Å². The van der Waals surface area contributed by atoms with Crippen molar-refractivity contribution >= 4 is 5.69 Å². The fraction of sp³-hybridized carbons (Fsp3) is 0.625. The highest BCUT2D eigenvalue weighted by atomic mass is 15.3. The van der Waals surface area contributed by atoms with Gasteiger partial charge in [-0.25, -0.2) is 0 Å². The molecule has 1 rings (SSSR count). The molecular weight excluding hydrogens is 138 g/mol. The van der Waals surface area contributed by atoms with Gasteiger partial charge in [0.05, 0.1) is 11.9 Å². The number of nitrogens with one attached hydrogen (secondary N) is 1. The smallest absolute Gasteiger partial charge is 0.0726 e. The molecule has 11 heavy (non-hydrogen) atoms. The van der Waals surface area contributed by atoms with E-state index in [1.54, 1.807) is 0 Å². The Labute approximate surface area is 68.9 Å². The third-order valence-corrected chi connectivity index (χ3v) is 1.51. The molecule has 1 aromatic rings. The number of anilines is 1. The van der Waals surface area contributed by atoms with Crippen molar-refractivity contribution in [3.63, 3.8) is 0 Å². The van der Waals surface area contributed by atoms with Crippen LogP contribution in [0, 0.1) is 0 Å². The van der Waals surface area contributed by atoms with Crippen molar-refractivity contribution in [2.75, 3.05) is 11.9 Å². The van der Waals surface area contributed by atoms with Crippen LogP contribution >= 0.6 is 0 Å². The van der Waals surface area contributed by atoms with E-state index in [9.17, 15) is 0 Å². The van der Waals surface area contributed by atoms with E-state index in [2.05, 4.69) is 31.2 Å². The normalized spacial score (nSPS) is 10.5. The number of rotatable bonds is 3. The van der Waals surface area contributed by atoms with Gasteiger partial charge < -0.3 is 5.32 Å². The average molecular weight is 155 g/mol.